The van der Waals surface area contributed by atoms with E-state index in [-0.39, 0.29) is 0 Å². The van der Waals surface area contributed by atoms with Gasteiger partial charge in [-0.2, -0.15) is 5.90 Å². The molecule has 0 atom stereocenters. The fourth-order valence-corrected chi connectivity index (χ4v) is 0.740. The van der Waals surface area contributed by atoms with Gasteiger partial charge in [-0.3, -0.25) is 0 Å². The minimum Gasteiger partial charge on any atom is -0.419 e. The van der Waals surface area contributed by atoms with Crippen molar-refractivity contribution in [2.24, 2.45) is 11.8 Å². The first-order valence-corrected chi connectivity index (χ1v) is 3.40. The first kappa shape index (κ1) is 9.24. The SMILES string of the molecule is C/C=C(\C=C/ON)C(C)C. The van der Waals surface area contributed by atoms with Crippen LogP contribution in [0.2, 0.25) is 0 Å². The molecule has 0 unspecified atom stereocenters. The standard InChI is InChI=1S/C8H15NO/c1-4-8(7(2)3)5-6-10-9/h4-7H,9H2,1-3H3/b6-5-,8-4+. The van der Waals surface area contributed by atoms with E-state index in [1.807, 2.05) is 19.1 Å². The summed E-state index contributed by atoms with van der Waals surface area (Å²) in [7, 11) is 0. The molecule has 0 spiro atoms. The van der Waals surface area contributed by atoms with Gasteiger partial charge in [0.05, 0.1) is 0 Å². The van der Waals surface area contributed by atoms with Crippen LogP contribution in [0.1, 0.15) is 20.8 Å². The molecule has 0 saturated carbocycles. The third kappa shape index (κ3) is 3.30. The van der Waals surface area contributed by atoms with Gasteiger partial charge in [0.25, 0.3) is 0 Å². The van der Waals surface area contributed by atoms with Crippen molar-refractivity contribution < 1.29 is 4.84 Å². The van der Waals surface area contributed by atoms with Crippen LogP contribution in [0, 0.1) is 5.92 Å². The fourth-order valence-electron chi connectivity index (χ4n) is 0.740. The van der Waals surface area contributed by atoms with Gasteiger partial charge < -0.3 is 4.84 Å². The summed E-state index contributed by atoms with van der Waals surface area (Å²) in [6.07, 6.45) is 5.39. The van der Waals surface area contributed by atoms with E-state index in [0.29, 0.717) is 5.92 Å². The molecule has 0 aromatic rings. The highest BCUT2D eigenvalue weighted by Gasteiger charge is 1.95. The van der Waals surface area contributed by atoms with Crippen molar-refractivity contribution in [1.29, 1.82) is 0 Å². The van der Waals surface area contributed by atoms with Crippen LogP contribution >= 0.6 is 0 Å². The second-order valence-corrected chi connectivity index (χ2v) is 2.38. The van der Waals surface area contributed by atoms with Gasteiger partial charge in [0.1, 0.15) is 6.26 Å². The second-order valence-electron chi connectivity index (χ2n) is 2.38. The van der Waals surface area contributed by atoms with Gasteiger partial charge in [0.15, 0.2) is 0 Å². The lowest BCUT2D eigenvalue weighted by molar-refractivity contribution is 0.261. The van der Waals surface area contributed by atoms with Gasteiger partial charge in [-0.1, -0.05) is 19.9 Å². The third-order valence-corrected chi connectivity index (χ3v) is 1.34. The topological polar surface area (TPSA) is 35.2 Å². The lowest BCUT2D eigenvalue weighted by Gasteiger charge is -2.03. The van der Waals surface area contributed by atoms with Crippen LogP contribution in [0.25, 0.3) is 0 Å². The highest BCUT2D eigenvalue weighted by molar-refractivity contribution is 5.18. The zero-order chi connectivity index (χ0) is 7.98. The molecule has 0 radical (unpaired) electrons. The summed E-state index contributed by atoms with van der Waals surface area (Å²) in [5.74, 6) is 5.34. The largest absolute Gasteiger partial charge is 0.419 e. The van der Waals surface area contributed by atoms with E-state index in [0.717, 1.165) is 0 Å². The maximum absolute atomic E-state index is 4.82. The van der Waals surface area contributed by atoms with Crippen LogP contribution in [0.5, 0.6) is 0 Å². The van der Waals surface area contributed by atoms with E-state index in [1.54, 1.807) is 0 Å². The van der Waals surface area contributed by atoms with Crippen molar-refractivity contribution in [2.75, 3.05) is 0 Å². The minimum absolute atomic E-state index is 0.524. The second kappa shape index (κ2) is 5.06. The van der Waals surface area contributed by atoms with Crippen LogP contribution in [0.3, 0.4) is 0 Å². The smallest absolute Gasteiger partial charge is 0.111 e. The summed E-state index contributed by atoms with van der Waals surface area (Å²) in [5.41, 5.74) is 1.23. The molecule has 58 valence electrons. The molecule has 0 rings (SSSR count). The van der Waals surface area contributed by atoms with Crippen molar-refractivity contribution in [3.8, 4) is 0 Å². The van der Waals surface area contributed by atoms with Crippen molar-refractivity contribution in [1.82, 2.24) is 0 Å². The molecule has 0 saturated heterocycles. The molecule has 0 aliphatic carbocycles. The van der Waals surface area contributed by atoms with Crippen LogP contribution < -0.4 is 5.90 Å². The normalized spacial score (nSPS) is 13.1. The predicted molar refractivity (Wildman–Crippen MR) is 43.0 cm³/mol. The average molecular weight is 141 g/mol. The zero-order valence-corrected chi connectivity index (χ0v) is 6.79. The summed E-state index contributed by atoms with van der Waals surface area (Å²) >= 11 is 0. The molecule has 0 aliphatic rings. The maximum Gasteiger partial charge on any atom is 0.111 e. The average Bonchev–Trinajstić information content (AvgIpc) is 1.89. The third-order valence-electron chi connectivity index (χ3n) is 1.34. The quantitative estimate of drug-likeness (QED) is 0.370. The first-order valence-electron chi connectivity index (χ1n) is 3.40. The molecule has 10 heavy (non-hydrogen) atoms. The first-order chi connectivity index (χ1) is 4.72. The molecule has 0 heterocycles. The Kier molecular flexibility index (Phi) is 4.67. The van der Waals surface area contributed by atoms with Gasteiger partial charge in [-0.05, 0) is 24.5 Å². The molecular formula is C8H15NO. The van der Waals surface area contributed by atoms with Crippen LogP contribution in [-0.2, 0) is 4.84 Å². The highest BCUT2D eigenvalue weighted by atomic mass is 16.6. The fraction of sp³-hybridized carbons (Fsp3) is 0.500. The Bertz CT molecular complexity index is 136. The van der Waals surface area contributed by atoms with Crippen molar-refractivity contribution >= 4 is 0 Å². The molecule has 0 bridgehead atoms. The molecular weight excluding hydrogens is 126 g/mol. The van der Waals surface area contributed by atoms with Crippen LogP contribution in [-0.4, -0.2) is 0 Å². The molecule has 2 N–H and O–H groups in total. The van der Waals surface area contributed by atoms with E-state index in [2.05, 4.69) is 18.7 Å². The zero-order valence-electron chi connectivity index (χ0n) is 6.79. The summed E-state index contributed by atoms with van der Waals surface area (Å²) in [6, 6.07) is 0. The Morgan fingerprint density at radius 2 is 2.10 bits per heavy atom. The van der Waals surface area contributed by atoms with Gasteiger partial charge in [0.2, 0.25) is 0 Å². The number of hydrogen-bond acceptors (Lipinski definition) is 2. The van der Waals surface area contributed by atoms with Crippen molar-refractivity contribution in [3.63, 3.8) is 0 Å². The number of nitrogens with two attached hydrogens (primary N) is 1. The van der Waals surface area contributed by atoms with E-state index < -0.39 is 0 Å². The molecule has 0 aromatic carbocycles. The van der Waals surface area contributed by atoms with E-state index in [9.17, 15) is 0 Å². The monoisotopic (exact) mass is 141 g/mol. The number of rotatable bonds is 3. The van der Waals surface area contributed by atoms with Gasteiger partial charge in [-0.15, -0.1) is 0 Å². The Labute approximate surface area is 62.3 Å². The van der Waals surface area contributed by atoms with Gasteiger partial charge in [0, 0.05) is 0 Å². The van der Waals surface area contributed by atoms with Gasteiger partial charge >= 0.3 is 0 Å². The van der Waals surface area contributed by atoms with Crippen molar-refractivity contribution in [3.05, 3.63) is 24.0 Å². The Morgan fingerprint density at radius 1 is 1.50 bits per heavy atom. The highest BCUT2D eigenvalue weighted by Crippen LogP contribution is 2.09. The summed E-state index contributed by atoms with van der Waals surface area (Å²) in [6.45, 7) is 6.24. The lowest BCUT2D eigenvalue weighted by Crippen LogP contribution is -1.92. The summed E-state index contributed by atoms with van der Waals surface area (Å²) in [4.78, 5) is 4.30. The van der Waals surface area contributed by atoms with Crippen LogP contribution in [0.15, 0.2) is 24.0 Å². The van der Waals surface area contributed by atoms with E-state index in [4.69, 9.17) is 5.90 Å². The summed E-state index contributed by atoms with van der Waals surface area (Å²) in [5, 5.41) is 0. The molecule has 0 aliphatic heterocycles. The summed E-state index contributed by atoms with van der Waals surface area (Å²) < 4.78 is 0. The molecule has 0 aromatic heterocycles. The Morgan fingerprint density at radius 3 is 2.40 bits per heavy atom. The minimum atomic E-state index is 0.524. The molecule has 2 nitrogen and oxygen atoms in total. The lowest BCUT2D eigenvalue weighted by atomic mass is 10.0. The predicted octanol–water partition coefficient (Wildman–Crippen LogP) is 1.99. The Balaban J connectivity index is 3.98. The molecule has 0 amide bonds. The number of hydrogen-bond donors (Lipinski definition) is 1. The molecule has 2 heteroatoms. The van der Waals surface area contributed by atoms with E-state index >= 15 is 0 Å². The van der Waals surface area contributed by atoms with E-state index in [1.165, 1.54) is 11.8 Å². The number of allylic oxidation sites excluding steroid dienone is 3. The van der Waals surface area contributed by atoms with Crippen LogP contribution in [0.4, 0.5) is 0 Å². The Hall–Kier alpha value is -0.760. The molecule has 0 fully saturated rings. The van der Waals surface area contributed by atoms with Crippen molar-refractivity contribution in [2.45, 2.75) is 20.8 Å². The maximum atomic E-state index is 4.82. The van der Waals surface area contributed by atoms with Gasteiger partial charge in [-0.25, -0.2) is 0 Å².